The molecule has 0 atom stereocenters. The minimum Gasteiger partial charge on any atom is -0.344 e. The predicted molar refractivity (Wildman–Crippen MR) is 93.9 cm³/mol. The molecule has 0 aliphatic rings. The minimum atomic E-state index is -0.518. The number of aryl methyl sites for hydroxylation is 1. The van der Waals surface area contributed by atoms with Crippen LogP contribution in [0, 0.1) is 12.7 Å². The lowest BCUT2D eigenvalue weighted by Crippen LogP contribution is -2.21. The highest BCUT2D eigenvalue weighted by Crippen LogP contribution is 2.24. The van der Waals surface area contributed by atoms with Crippen LogP contribution in [-0.2, 0) is 4.79 Å². The molecule has 0 aliphatic heterocycles. The second kappa shape index (κ2) is 7.55. The summed E-state index contributed by atoms with van der Waals surface area (Å²) in [5.41, 5.74) is 0.670. The third-order valence-corrected chi connectivity index (χ3v) is 4.42. The van der Waals surface area contributed by atoms with E-state index in [1.54, 1.807) is 21.0 Å². The zero-order valence-corrected chi connectivity index (χ0v) is 14.8. The summed E-state index contributed by atoms with van der Waals surface area (Å²) in [6.07, 6.45) is 2.45. The van der Waals surface area contributed by atoms with E-state index < -0.39 is 11.7 Å². The van der Waals surface area contributed by atoms with Crippen LogP contribution in [-0.4, -0.2) is 35.8 Å². The van der Waals surface area contributed by atoms with E-state index in [1.165, 1.54) is 29.2 Å². The molecule has 1 heterocycles. The van der Waals surface area contributed by atoms with Crippen LogP contribution in [0.4, 0.5) is 9.52 Å². The van der Waals surface area contributed by atoms with Gasteiger partial charge in [0.1, 0.15) is 10.7 Å². The number of nitrogens with one attached hydrogen (secondary N) is 1. The molecule has 0 bridgehead atoms. The number of benzene rings is 1. The fourth-order valence-electron chi connectivity index (χ4n) is 1.83. The van der Waals surface area contributed by atoms with Gasteiger partial charge in [-0.25, -0.2) is 9.37 Å². The van der Waals surface area contributed by atoms with E-state index in [0.29, 0.717) is 15.7 Å². The molecule has 0 fully saturated rings. The van der Waals surface area contributed by atoms with Gasteiger partial charge in [-0.15, -0.1) is 0 Å². The Morgan fingerprint density at radius 1 is 1.38 bits per heavy atom. The van der Waals surface area contributed by atoms with E-state index >= 15 is 0 Å². The van der Waals surface area contributed by atoms with E-state index in [-0.39, 0.29) is 16.5 Å². The Labute approximate surface area is 147 Å². The second-order valence-electron chi connectivity index (χ2n) is 5.09. The Hall–Kier alpha value is -2.25. The van der Waals surface area contributed by atoms with Gasteiger partial charge in [-0.05, 0) is 25.1 Å². The summed E-state index contributed by atoms with van der Waals surface area (Å²) in [5.74, 6) is -1.19. The summed E-state index contributed by atoms with van der Waals surface area (Å²) in [6, 6.07) is 4.27. The molecular weight excluding hydrogens is 353 g/mol. The number of halogens is 2. The molecule has 2 aromatic rings. The summed E-state index contributed by atoms with van der Waals surface area (Å²) in [4.78, 5) is 29.9. The van der Waals surface area contributed by atoms with Crippen LogP contribution in [0.2, 0.25) is 5.02 Å². The van der Waals surface area contributed by atoms with E-state index in [1.807, 2.05) is 0 Å². The first kappa shape index (κ1) is 18.1. The molecule has 126 valence electrons. The van der Waals surface area contributed by atoms with Crippen molar-refractivity contribution in [1.82, 2.24) is 9.88 Å². The molecule has 0 saturated carbocycles. The molecule has 8 heteroatoms. The quantitative estimate of drug-likeness (QED) is 0.840. The molecule has 0 radical (unpaired) electrons. The van der Waals surface area contributed by atoms with Gasteiger partial charge in [0, 0.05) is 25.7 Å². The molecule has 0 saturated heterocycles. The topological polar surface area (TPSA) is 62.3 Å². The summed E-state index contributed by atoms with van der Waals surface area (Å²) in [5, 5.41) is 3.06. The van der Waals surface area contributed by atoms with Gasteiger partial charge in [0.05, 0.1) is 10.7 Å². The summed E-state index contributed by atoms with van der Waals surface area (Å²) in [7, 11) is 3.28. The van der Waals surface area contributed by atoms with Crippen molar-refractivity contribution in [2.45, 2.75) is 6.92 Å². The number of carbonyl (C=O) groups is 2. The zero-order chi connectivity index (χ0) is 17.9. The van der Waals surface area contributed by atoms with Crippen molar-refractivity contribution in [3.63, 3.8) is 0 Å². The molecule has 0 aliphatic carbocycles. The maximum atomic E-state index is 13.6. The van der Waals surface area contributed by atoms with Gasteiger partial charge in [-0.3, -0.25) is 14.9 Å². The number of hydrogen-bond acceptors (Lipinski definition) is 4. The first-order valence-electron chi connectivity index (χ1n) is 6.91. The first-order chi connectivity index (χ1) is 11.3. The number of amides is 2. The van der Waals surface area contributed by atoms with E-state index in [2.05, 4.69) is 10.3 Å². The average Bonchev–Trinajstić information content (AvgIpc) is 2.86. The lowest BCUT2D eigenvalue weighted by atomic mass is 10.2. The molecule has 1 aromatic carbocycles. The van der Waals surface area contributed by atoms with Crippen molar-refractivity contribution in [3.8, 4) is 0 Å². The van der Waals surface area contributed by atoms with Gasteiger partial charge in [0.15, 0.2) is 5.13 Å². The van der Waals surface area contributed by atoms with Crippen LogP contribution in [0.15, 0.2) is 24.3 Å². The largest absolute Gasteiger partial charge is 0.344 e. The van der Waals surface area contributed by atoms with Crippen LogP contribution >= 0.6 is 22.9 Å². The number of rotatable bonds is 4. The Morgan fingerprint density at radius 2 is 2.08 bits per heavy atom. The van der Waals surface area contributed by atoms with Crippen molar-refractivity contribution in [1.29, 1.82) is 0 Å². The zero-order valence-electron chi connectivity index (χ0n) is 13.3. The third-order valence-electron chi connectivity index (χ3n) is 3.03. The highest BCUT2D eigenvalue weighted by atomic mass is 35.5. The van der Waals surface area contributed by atoms with Gasteiger partial charge >= 0.3 is 0 Å². The van der Waals surface area contributed by atoms with Crippen molar-refractivity contribution in [2.75, 3.05) is 19.4 Å². The Morgan fingerprint density at radius 3 is 2.71 bits per heavy atom. The van der Waals surface area contributed by atoms with Crippen LogP contribution in [0.5, 0.6) is 0 Å². The molecule has 1 N–H and O–H groups in total. The van der Waals surface area contributed by atoms with Crippen molar-refractivity contribution in [2.24, 2.45) is 0 Å². The van der Waals surface area contributed by atoms with Gasteiger partial charge < -0.3 is 4.90 Å². The molecule has 1 aromatic heterocycles. The summed E-state index contributed by atoms with van der Waals surface area (Å²) in [6.45, 7) is 1.69. The number of anilines is 1. The number of thiazole rings is 1. The molecule has 5 nitrogen and oxygen atoms in total. The number of nitrogens with zero attached hydrogens (tertiary/aromatic N) is 2. The minimum absolute atomic E-state index is 0.133. The highest BCUT2D eigenvalue weighted by molar-refractivity contribution is 7.17. The molecule has 2 amide bonds. The van der Waals surface area contributed by atoms with Crippen molar-refractivity contribution < 1.29 is 14.0 Å². The normalized spacial score (nSPS) is 10.9. The smallest absolute Gasteiger partial charge is 0.265 e. The van der Waals surface area contributed by atoms with Crippen LogP contribution in [0.3, 0.4) is 0 Å². The number of carbonyl (C=O) groups excluding carboxylic acids is 2. The van der Waals surface area contributed by atoms with Crippen molar-refractivity contribution in [3.05, 3.63) is 51.2 Å². The Kier molecular flexibility index (Phi) is 5.69. The standard InChI is InChI=1S/C16H15ClFN3O2S/c1-9-14(15(23)21(2)3)24-16(19-9)20-13(22)8-7-10-11(17)5-4-6-12(10)18/h4-8H,1-3H3,(H,19,20,22). The van der Waals surface area contributed by atoms with E-state index in [0.717, 1.165) is 17.4 Å². The molecule has 0 unspecified atom stereocenters. The number of hydrogen-bond donors (Lipinski definition) is 1. The molecular formula is C16H15ClFN3O2S. The molecule has 24 heavy (non-hydrogen) atoms. The van der Waals surface area contributed by atoms with Gasteiger partial charge in [0.25, 0.3) is 5.91 Å². The Balaban J connectivity index is 2.12. The molecule has 0 spiro atoms. The fourth-order valence-corrected chi connectivity index (χ4v) is 3.04. The highest BCUT2D eigenvalue weighted by Gasteiger charge is 2.17. The molecule has 2 rings (SSSR count). The first-order valence-corrected chi connectivity index (χ1v) is 8.11. The SMILES string of the molecule is Cc1nc(NC(=O)C=Cc2c(F)cccc2Cl)sc1C(=O)N(C)C. The number of aromatic nitrogens is 1. The Bertz CT molecular complexity index is 797. The van der Waals surface area contributed by atoms with Crippen LogP contribution in [0.1, 0.15) is 20.9 Å². The van der Waals surface area contributed by atoms with E-state index in [9.17, 15) is 14.0 Å². The fraction of sp³-hybridized carbons (Fsp3) is 0.188. The van der Waals surface area contributed by atoms with Gasteiger partial charge in [-0.2, -0.15) is 0 Å². The summed E-state index contributed by atoms with van der Waals surface area (Å²) < 4.78 is 13.6. The van der Waals surface area contributed by atoms with Crippen LogP contribution in [0.25, 0.3) is 6.08 Å². The third kappa shape index (κ3) is 4.18. The summed E-state index contributed by atoms with van der Waals surface area (Å²) >= 11 is 6.97. The van der Waals surface area contributed by atoms with Gasteiger partial charge in [-0.1, -0.05) is 29.0 Å². The lowest BCUT2D eigenvalue weighted by Gasteiger charge is -2.07. The predicted octanol–water partition coefficient (Wildman–Crippen LogP) is 3.60. The lowest BCUT2D eigenvalue weighted by molar-refractivity contribution is -0.111. The maximum Gasteiger partial charge on any atom is 0.265 e. The second-order valence-corrected chi connectivity index (χ2v) is 6.50. The average molecular weight is 368 g/mol. The van der Waals surface area contributed by atoms with Crippen LogP contribution < -0.4 is 5.32 Å². The van der Waals surface area contributed by atoms with Gasteiger partial charge in [0.2, 0.25) is 5.91 Å². The van der Waals surface area contributed by atoms with E-state index in [4.69, 9.17) is 11.6 Å². The van der Waals surface area contributed by atoms with Crippen molar-refractivity contribution >= 4 is 46.0 Å². The monoisotopic (exact) mass is 367 g/mol. The maximum absolute atomic E-state index is 13.6.